The summed E-state index contributed by atoms with van der Waals surface area (Å²) in [5, 5.41) is 7.44. The van der Waals surface area contributed by atoms with Crippen molar-refractivity contribution in [1.82, 2.24) is 30.3 Å². The van der Waals surface area contributed by atoms with Crippen LogP contribution in [0.5, 0.6) is 0 Å². The average Bonchev–Trinajstić information content (AvgIpc) is 3.29. The first kappa shape index (κ1) is 22.9. The third kappa shape index (κ3) is 6.12. The predicted molar refractivity (Wildman–Crippen MR) is 131 cm³/mol. The molecule has 0 bridgehead atoms. The third-order valence-corrected chi connectivity index (χ3v) is 4.84. The predicted octanol–water partition coefficient (Wildman–Crippen LogP) is 2.47. The Morgan fingerprint density at radius 1 is 1.06 bits per heavy atom. The molecule has 3 aromatic rings. The van der Waals surface area contributed by atoms with Gasteiger partial charge in [0.2, 0.25) is 0 Å². The van der Waals surface area contributed by atoms with Gasteiger partial charge in [-0.05, 0) is 31.2 Å². The number of nitrogens with zero attached hydrogens (tertiary/aromatic N) is 7. The molecule has 0 unspecified atom stereocenters. The fourth-order valence-corrected chi connectivity index (χ4v) is 3.32. The molecule has 4 heterocycles. The standard InChI is InChI=1S/C21H26N8O.HI/c1-2-22-21(29-15-13-28(14-16-29)19-8-4-6-11-24-19)25-12-9-18-26-20(30-27-18)17-7-3-5-10-23-17;/h3-8,10-11H,2,9,12-16H2,1H3,(H,22,25);1H. The number of guanidine groups is 1. The first-order valence-corrected chi connectivity index (χ1v) is 10.3. The molecule has 1 aliphatic heterocycles. The van der Waals surface area contributed by atoms with E-state index in [1.165, 1.54) is 0 Å². The highest BCUT2D eigenvalue weighted by Crippen LogP contribution is 2.14. The summed E-state index contributed by atoms with van der Waals surface area (Å²) in [6.07, 6.45) is 4.16. The number of rotatable bonds is 6. The van der Waals surface area contributed by atoms with Crippen LogP contribution in [0.2, 0.25) is 0 Å². The number of aliphatic imine (C=N–C) groups is 1. The summed E-state index contributed by atoms with van der Waals surface area (Å²) in [6, 6.07) is 11.6. The van der Waals surface area contributed by atoms with Crippen LogP contribution in [-0.4, -0.2) is 70.2 Å². The number of piperazine rings is 1. The van der Waals surface area contributed by atoms with Crippen molar-refractivity contribution in [3.05, 3.63) is 54.6 Å². The van der Waals surface area contributed by atoms with Crippen molar-refractivity contribution in [3.63, 3.8) is 0 Å². The van der Waals surface area contributed by atoms with Gasteiger partial charge in [0.1, 0.15) is 11.5 Å². The number of hydrogen-bond acceptors (Lipinski definition) is 7. The zero-order valence-corrected chi connectivity index (χ0v) is 19.8. The lowest BCUT2D eigenvalue weighted by molar-refractivity contribution is 0.371. The number of nitrogens with one attached hydrogen (secondary N) is 1. The molecular weight excluding hydrogens is 507 g/mol. The molecule has 0 aromatic carbocycles. The van der Waals surface area contributed by atoms with Crippen molar-refractivity contribution in [2.45, 2.75) is 13.3 Å². The van der Waals surface area contributed by atoms with Gasteiger partial charge in [-0.25, -0.2) is 4.98 Å². The summed E-state index contributed by atoms with van der Waals surface area (Å²) >= 11 is 0. The molecule has 10 heteroatoms. The largest absolute Gasteiger partial charge is 0.357 e. The molecule has 0 atom stereocenters. The quantitative estimate of drug-likeness (QED) is 0.293. The summed E-state index contributed by atoms with van der Waals surface area (Å²) < 4.78 is 5.32. The third-order valence-electron chi connectivity index (χ3n) is 4.84. The highest BCUT2D eigenvalue weighted by molar-refractivity contribution is 14.0. The molecule has 0 spiro atoms. The summed E-state index contributed by atoms with van der Waals surface area (Å²) in [5.74, 6) is 3.02. The Bertz CT molecular complexity index is 942. The van der Waals surface area contributed by atoms with E-state index in [0.29, 0.717) is 30.4 Å². The second kappa shape index (κ2) is 11.6. The summed E-state index contributed by atoms with van der Waals surface area (Å²) in [5.41, 5.74) is 0.680. The lowest BCUT2D eigenvalue weighted by atomic mass is 10.3. The highest BCUT2D eigenvalue weighted by Gasteiger charge is 2.20. The van der Waals surface area contributed by atoms with Gasteiger partial charge in [0.25, 0.3) is 5.89 Å². The Balaban J connectivity index is 0.00000272. The topological polar surface area (TPSA) is 95.6 Å². The van der Waals surface area contributed by atoms with E-state index in [0.717, 1.165) is 44.5 Å². The Morgan fingerprint density at radius 3 is 2.52 bits per heavy atom. The van der Waals surface area contributed by atoms with Gasteiger partial charge in [-0.1, -0.05) is 17.3 Å². The fraction of sp³-hybridized carbons (Fsp3) is 0.381. The summed E-state index contributed by atoms with van der Waals surface area (Å²) in [6.45, 7) is 7.12. The number of hydrogen-bond donors (Lipinski definition) is 1. The fourth-order valence-electron chi connectivity index (χ4n) is 3.32. The lowest BCUT2D eigenvalue weighted by Crippen LogP contribution is -2.52. The van der Waals surface area contributed by atoms with Gasteiger partial charge in [0, 0.05) is 58.1 Å². The van der Waals surface area contributed by atoms with Gasteiger partial charge in [-0.2, -0.15) is 4.98 Å². The Labute approximate surface area is 199 Å². The second-order valence-corrected chi connectivity index (χ2v) is 6.88. The first-order chi connectivity index (χ1) is 14.8. The Morgan fingerprint density at radius 2 is 1.84 bits per heavy atom. The van der Waals surface area contributed by atoms with Crippen molar-refractivity contribution in [2.75, 3.05) is 44.2 Å². The normalized spacial score (nSPS) is 14.3. The van der Waals surface area contributed by atoms with Gasteiger partial charge >= 0.3 is 0 Å². The SMILES string of the molecule is CCNC(=NCCc1noc(-c2ccccn2)n1)N1CCN(c2ccccn2)CC1.I. The second-order valence-electron chi connectivity index (χ2n) is 6.88. The van der Waals surface area contributed by atoms with Crippen molar-refractivity contribution < 1.29 is 4.52 Å². The molecule has 0 saturated carbocycles. The van der Waals surface area contributed by atoms with Crippen LogP contribution in [0, 0.1) is 0 Å². The van der Waals surface area contributed by atoms with Gasteiger partial charge in [0.05, 0.1) is 0 Å². The van der Waals surface area contributed by atoms with Crippen molar-refractivity contribution in [2.24, 2.45) is 4.99 Å². The van der Waals surface area contributed by atoms with Gasteiger partial charge in [-0.15, -0.1) is 24.0 Å². The zero-order valence-electron chi connectivity index (χ0n) is 17.5. The molecular formula is C21H27IN8O. The number of pyridine rings is 2. The van der Waals surface area contributed by atoms with Gasteiger partial charge in [0.15, 0.2) is 11.8 Å². The van der Waals surface area contributed by atoms with Crippen LogP contribution in [0.25, 0.3) is 11.6 Å². The molecule has 1 aliphatic rings. The van der Waals surface area contributed by atoms with E-state index in [-0.39, 0.29) is 24.0 Å². The van der Waals surface area contributed by atoms with Gasteiger partial charge in [-0.3, -0.25) is 9.98 Å². The van der Waals surface area contributed by atoms with E-state index in [1.54, 1.807) is 6.20 Å². The van der Waals surface area contributed by atoms with Crippen LogP contribution < -0.4 is 10.2 Å². The molecule has 1 fully saturated rings. The number of aromatic nitrogens is 4. The maximum atomic E-state index is 5.32. The molecule has 4 rings (SSSR count). The van der Waals surface area contributed by atoms with Crippen molar-refractivity contribution in [3.8, 4) is 11.6 Å². The van der Waals surface area contributed by atoms with Crippen LogP contribution in [0.15, 0.2) is 58.3 Å². The van der Waals surface area contributed by atoms with Gasteiger partial charge < -0.3 is 19.6 Å². The number of halogens is 1. The summed E-state index contributed by atoms with van der Waals surface area (Å²) in [4.78, 5) is 22.5. The minimum absolute atomic E-state index is 0. The lowest BCUT2D eigenvalue weighted by Gasteiger charge is -2.37. The molecule has 0 radical (unpaired) electrons. The van der Waals surface area contributed by atoms with E-state index in [9.17, 15) is 0 Å². The smallest absolute Gasteiger partial charge is 0.276 e. The minimum atomic E-state index is 0. The van der Waals surface area contributed by atoms with Crippen molar-refractivity contribution in [1.29, 1.82) is 0 Å². The van der Waals surface area contributed by atoms with E-state index in [4.69, 9.17) is 9.52 Å². The van der Waals surface area contributed by atoms with E-state index < -0.39 is 0 Å². The van der Waals surface area contributed by atoms with Crippen LogP contribution in [0.1, 0.15) is 12.7 Å². The Hall–Kier alpha value is -2.76. The molecule has 3 aromatic heterocycles. The maximum Gasteiger partial charge on any atom is 0.276 e. The van der Waals surface area contributed by atoms with Crippen LogP contribution in [0.3, 0.4) is 0 Å². The van der Waals surface area contributed by atoms with E-state index in [2.05, 4.69) is 48.2 Å². The van der Waals surface area contributed by atoms with E-state index >= 15 is 0 Å². The number of anilines is 1. The highest BCUT2D eigenvalue weighted by atomic mass is 127. The molecule has 0 amide bonds. The first-order valence-electron chi connectivity index (χ1n) is 10.3. The minimum Gasteiger partial charge on any atom is -0.357 e. The molecule has 31 heavy (non-hydrogen) atoms. The van der Waals surface area contributed by atoms with Crippen LogP contribution >= 0.6 is 24.0 Å². The van der Waals surface area contributed by atoms with Crippen LogP contribution in [-0.2, 0) is 6.42 Å². The van der Waals surface area contributed by atoms with Crippen molar-refractivity contribution >= 4 is 35.8 Å². The monoisotopic (exact) mass is 534 g/mol. The molecule has 1 N–H and O–H groups in total. The van der Waals surface area contributed by atoms with E-state index in [1.807, 2.05) is 36.5 Å². The zero-order chi connectivity index (χ0) is 20.6. The Kier molecular flexibility index (Phi) is 8.56. The molecule has 164 valence electrons. The maximum absolute atomic E-state index is 5.32. The molecule has 9 nitrogen and oxygen atoms in total. The summed E-state index contributed by atoms with van der Waals surface area (Å²) in [7, 11) is 0. The molecule has 0 aliphatic carbocycles. The average molecular weight is 534 g/mol. The molecule has 1 saturated heterocycles. The van der Waals surface area contributed by atoms with Crippen LogP contribution in [0.4, 0.5) is 5.82 Å².